The molecule has 1 amide bonds. The first-order valence-electron chi connectivity index (χ1n) is 5.99. The molecule has 0 spiro atoms. The van der Waals surface area contributed by atoms with E-state index in [1.807, 2.05) is 6.92 Å². The monoisotopic (exact) mass is 214 g/mol. The molecule has 15 heavy (non-hydrogen) atoms. The normalized spacial score (nSPS) is 16.9. The number of nitrogens with one attached hydrogen (secondary N) is 1. The van der Waals surface area contributed by atoms with Crippen molar-refractivity contribution in [2.75, 3.05) is 6.54 Å². The van der Waals surface area contributed by atoms with Crippen molar-refractivity contribution in [3.63, 3.8) is 0 Å². The molecule has 0 aromatic carbocycles. The minimum atomic E-state index is 0.128. The molecule has 0 aliphatic rings. The molecule has 0 saturated heterocycles. The van der Waals surface area contributed by atoms with E-state index in [4.69, 9.17) is 5.73 Å². The number of carbonyl (C=O) groups is 1. The highest BCUT2D eigenvalue weighted by Gasteiger charge is 2.12. The van der Waals surface area contributed by atoms with Gasteiger partial charge in [-0.15, -0.1) is 0 Å². The Kier molecular flexibility index (Phi) is 7.39. The Hall–Kier alpha value is -0.570. The summed E-state index contributed by atoms with van der Waals surface area (Å²) in [5, 5.41) is 3.02. The van der Waals surface area contributed by atoms with Gasteiger partial charge in [-0.3, -0.25) is 4.79 Å². The Bertz CT molecular complexity index is 182. The number of hydrogen-bond donors (Lipinski definition) is 2. The lowest BCUT2D eigenvalue weighted by Crippen LogP contribution is -2.35. The Morgan fingerprint density at radius 3 is 2.33 bits per heavy atom. The second-order valence-electron chi connectivity index (χ2n) is 4.76. The summed E-state index contributed by atoms with van der Waals surface area (Å²) in [6.07, 6.45) is 2.76. The van der Waals surface area contributed by atoms with Crippen LogP contribution in [-0.2, 0) is 4.79 Å². The van der Waals surface area contributed by atoms with Crippen molar-refractivity contribution in [2.24, 2.45) is 17.6 Å². The van der Waals surface area contributed by atoms with Crippen LogP contribution in [0.3, 0.4) is 0 Å². The van der Waals surface area contributed by atoms with Gasteiger partial charge in [0, 0.05) is 12.5 Å². The van der Waals surface area contributed by atoms with E-state index >= 15 is 0 Å². The smallest absolute Gasteiger partial charge is 0.220 e. The molecule has 0 heterocycles. The van der Waals surface area contributed by atoms with Crippen molar-refractivity contribution in [3.8, 4) is 0 Å². The molecule has 0 aromatic heterocycles. The highest BCUT2D eigenvalue weighted by Crippen LogP contribution is 2.09. The van der Waals surface area contributed by atoms with Gasteiger partial charge in [0.2, 0.25) is 5.91 Å². The maximum Gasteiger partial charge on any atom is 0.220 e. The van der Waals surface area contributed by atoms with Crippen molar-refractivity contribution in [3.05, 3.63) is 0 Å². The molecule has 3 atom stereocenters. The van der Waals surface area contributed by atoms with Gasteiger partial charge in [0.25, 0.3) is 0 Å². The fourth-order valence-corrected chi connectivity index (χ4v) is 1.56. The average molecular weight is 214 g/mol. The molecule has 3 heteroatoms. The summed E-state index contributed by atoms with van der Waals surface area (Å²) >= 11 is 0. The van der Waals surface area contributed by atoms with Crippen molar-refractivity contribution in [1.29, 1.82) is 0 Å². The maximum atomic E-state index is 11.5. The van der Waals surface area contributed by atoms with Gasteiger partial charge in [-0.25, -0.2) is 0 Å². The zero-order chi connectivity index (χ0) is 11.8. The fraction of sp³-hybridized carbons (Fsp3) is 0.917. The quantitative estimate of drug-likeness (QED) is 0.680. The summed E-state index contributed by atoms with van der Waals surface area (Å²) < 4.78 is 0. The highest BCUT2D eigenvalue weighted by atomic mass is 16.1. The molecule has 0 radical (unpaired) electrons. The van der Waals surface area contributed by atoms with Gasteiger partial charge in [0.1, 0.15) is 0 Å². The van der Waals surface area contributed by atoms with Crippen LogP contribution in [0.1, 0.15) is 47.0 Å². The number of rotatable bonds is 7. The lowest BCUT2D eigenvalue weighted by atomic mass is 10.00. The molecular formula is C12H26N2O. The van der Waals surface area contributed by atoms with Crippen LogP contribution < -0.4 is 11.1 Å². The summed E-state index contributed by atoms with van der Waals surface area (Å²) in [7, 11) is 0. The molecular weight excluding hydrogens is 188 g/mol. The predicted molar refractivity (Wildman–Crippen MR) is 64.5 cm³/mol. The van der Waals surface area contributed by atoms with Crippen LogP contribution in [0.2, 0.25) is 0 Å². The first-order chi connectivity index (χ1) is 6.99. The van der Waals surface area contributed by atoms with Crippen LogP contribution in [0.25, 0.3) is 0 Å². The Balaban J connectivity index is 3.76. The molecule has 0 aliphatic carbocycles. The molecule has 3 unspecified atom stereocenters. The van der Waals surface area contributed by atoms with Crippen LogP contribution in [0, 0.1) is 11.8 Å². The third-order valence-electron chi connectivity index (χ3n) is 2.80. The molecule has 0 aliphatic heterocycles. The van der Waals surface area contributed by atoms with Gasteiger partial charge < -0.3 is 11.1 Å². The Morgan fingerprint density at radius 1 is 1.27 bits per heavy atom. The maximum absolute atomic E-state index is 11.5. The fourth-order valence-electron chi connectivity index (χ4n) is 1.56. The van der Waals surface area contributed by atoms with E-state index in [0.717, 1.165) is 6.42 Å². The van der Waals surface area contributed by atoms with E-state index in [2.05, 4.69) is 26.1 Å². The first kappa shape index (κ1) is 14.4. The zero-order valence-corrected chi connectivity index (χ0v) is 10.5. The number of amides is 1. The van der Waals surface area contributed by atoms with Crippen LogP contribution >= 0.6 is 0 Å². The van der Waals surface area contributed by atoms with Gasteiger partial charge >= 0.3 is 0 Å². The van der Waals surface area contributed by atoms with E-state index in [0.29, 0.717) is 18.9 Å². The minimum absolute atomic E-state index is 0.128. The van der Waals surface area contributed by atoms with E-state index in [1.165, 1.54) is 6.42 Å². The standard InChI is InChI=1S/C12H26N2O/c1-5-9(2)6-11(4)14-12(15)7-10(3)8-13/h9-11H,5-8,13H2,1-4H3,(H,14,15). The van der Waals surface area contributed by atoms with Crippen LogP contribution in [0.4, 0.5) is 0 Å². The molecule has 90 valence electrons. The highest BCUT2D eigenvalue weighted by molar-refractivity contribution is 5.76. The number of carbonyl (C=O) groups excluding carboxylic acids is 1. The van der Waals surface area contributed by atoms with Gasteiger partial charge in [-0.2, -0.15) is 0 Å². The molecule has 0 saturated carbocycles. The molecule has 3 nitrogen and oxygen atoms in total. The van der Waals surface area contributed by atoms with E-state index < -0.39 is 0 Å². The van der Waals surface area contributed by atoms with Crippen molar-refractivity contribution >= 4 is 5.91 Å². The average Bonchev–Trinajstić information content (AvgIpc) is 2.16. The van der Waals surface area contributed by atoms with Crippen LogP contribution in [0.15, 0.2) is 0 Å². The molecule has 0 fully saturated rings. The van der Waals surface area contributed by atoms with E-state index in [-0.39, 0.29) is 17.9 Å². The van der Waals surface area contributed by atoms with E-state index in [1.54, 1.807) is 0 Å². The summed E-state index contributed by atoms with van der Waals surface area (Å²) in [6.45, 7) is 9.03. The molecule has 0 bridgehead atoms. The lowest BCUT2D eigenvalue weighted by molar-refractivity contribution is -0.122. The van der Waals surface area contributed by atoms with Gasteiger partial charge in [-0.05, 0) is 31.7 Å². The van der Waals surface area contributed by atoms with Crippen LogP contribution in [-0.4, -0.2) is 18.5 Å². The third kappa shape index (κ3) is 7.37. The summed E-state index contributed by atoms with van der Waals surface area (Å²) in [5.41, 5.74) is 5.47. The summed E-state index contributed by atoms with van der Waals surface area (Å²) in [5.74, 6) is 1.08. The summed E-state index contributed by atoms with van der Waals surface area (Å²) in [6, 6.07) is 0.275. The summed E-state index contributed by atoms with van der Waals surface area (Å²) in [4.78, 5) is 11.5. The van der Waals surface area contributed by atoms with Crippen molar-refractivity contribution < 1.29 is 4.79 Å². The van der Waals surface area contributed by atoms with Gasteiger partial charge in [0.15, 0.2) is 0 Å². The topological polar surface area (TPSA) is 55.1 Å². The lowest BCUT2D eigenvalue weighted by Gasteiger charge is -2.18. The van der Waals surface area contributed by atoms with E-state index in [9.17, 15) is 4.79 Å². The molecule has 0 rings (SSSR count). The van der Waals surface area contributed by atoms with Gasteiger partial charge in [0.05, 0.1) is 0 Å². The van der Waals surface area contributed by atoms with Crippen LogP contribution in [0.5, 0.6) is 0 Å². The third-order valence-corrected chi connectivity index (χ3v) is 2.80. The van der Waals surface area contributed by atoms with Crippen molar-refractivity contribution in [1.82, 2.24) is 5.32 Å². The minimum Gasteiger partial charge on any atom is -0.354 e. The van der Waals surface area contributed by atoms with Crippen molar-refractivity contribution in [2.45, 2.75) is 53.0 Å². The second-order valence-corrected chi connectivity index (χ2v) is 4.76. The Morgan fingerprint density at radius 2 is 1.87 bits per heavy atom. The number of hydrogen-bond acceptors (Lipinski definition) is 2. The largest absolute Gasteiger partial charge is 0.354 e. The van der Waals surface area contributed by atoms with Gasteiger partial charge in [-0.1, -0.05) is 27.2 Å². The zero-order valence-electron chi connectivity index (χ0n) is 10.5. The predicted octanol–water partition coefficient (Wildman–Crippen LogP) is 1.91. The Labute approximate surface area is 93.8 Å². The second kappa shape index (κ2) is 7.69. The number of nitrogens with two attached hydrogens (primary N) is 1. The SMILES string of the molecule is CCC(C)CC(C)NC(=O)CC(C)CN. The first-order valence-corrected chi connectivity index (χ1v) is 5.99. The molecule has 3 N–H and O–H groups in total. The molecule has 0 aromatic rings.